The van der Waals surface area contributed by atoms with Crippen LogP contribution >= 0.6 is 11.8 Å². The Morgan fingerprint density at radius 1 is 1.26 bits per heavy atom. The van der Waals surface area contributed by atoms with E-state index in [2.05, 4.69) is 24.9 Å². The van der Waals surface area contributed by atoms with Gasteiger partial charge >= 0.3 is 0 Å². The van der Waals surface area contributed by atoms with E-state index in [1.54, 1.807) is 11.8 Å². The molecule has 1 aromatic rings. The summed E-state index contributed by atoms with van der Waals surface area (Å²) in [6.45, 7) is 15.4. The maximum absolute atomic E-state index is 12.9. The molecule has 4 nitrogen and oxygen atoms in total. The van der Waals surface area contributed by atoms with Crippen molar-refractivity contribution in [3.05, 3.63) is 70.4 Å². The normalized spacial score (nSPS) is 15.3. The molecule has 1 saturated heterocycles. The van der Waals surface area contributed by atoms with Crippen molar-refractivity contribution in [3.63, 3.8) is 0 Å². The Bertz CT molecular complexity index is 793. The number of allylic oxidation sites excluding steroid dienone is 3. The van der Waals surface area contributed by atoms with Crippen LogP contribution in [-0.4, -0.2) is 42.3 Å². The molecule has 1 aromatic carbocycles. The minimum Gasteiger partial charge on any atom is -0.490 e. The molecule has 31 heavy (non-hydrogen) atoms. The minimum absolute atomic E-state index is 0.128. The Labute approximate surface area is 192 Å². The quantitative estimate of drug-likeness (QED) is 0.265. The number of amides is 1. The van der Waals surface area contributed by atoms with Gasteiger partial charge in [-0.2, -0.15) is 0 Å². The van der Waals surface area contributed by atoms with Crippen LogP contribution in [-0.2, 0) is 11.3 Å². The maximum Gasteiger partial charge on any atom is 0.253 e. The molecule has 0 aromatic heterocycles. The lowest BCUT2D eigenvalue weighted by atomic mass is 10.0. The van der Waals surface area contributed by atoms with E-state index in [-0.39, 0.29) is 12.0 Å². The summed E-state index contributed by atoms with van der Waals surface area (Å²) in [4.78, 5) is 15.9. The van der Waals surface area contributed by atoms with Crippen molar-refractivity contribution in [1.82, 2.24) is 10.2 Å². The summed E-state index contributed by atoms with van der Waals surface area (Å²) < 4.78 is 5.91. The first-order chi connectivity index (χ1) is 14.9. The first kappa shape index (κ1) is 25.3. The highest BCUT2D eigenvalue weighted by Crippen LogP contribution is 2.23. The fourth-order valence-electron chi connectivity index (χ4n) is 3.65. The molecule has 0 saturated carbocycles. The van der Waals surface area contributed by atoms with Crippen LogP contribution in [0, 0.1) is 6.92 Å². The number of piperidine rings is 1. The summed E-state index contributed by atoms with van der Waals surface area (Å²) in [6.07, 6.45) is 9.43. The zero-order valence-electron chi connectivity index (χ0n) is 19.6. The van der Waals surface area contributed by atoms with Gasteiger partial charge in [-0.25, -0.2) is 0 Å². The van der Waals surface area contributed by atoms with E-state index in [0.29, 0.717) is 0 Å². The van der Waals surface area contributed by atoms with Crippen molar-refractivity contribution >= 4 is 17.7 Å². The summed E-state index contributed by atoms with van der Waals surface area (Å²) in [5.74, 6) is 1.95. The zero-order chi connectivity index (χ0) is 22.6. The first-order valence-electron chi connectivity index (χ1n) is 11.3. The molecule has 5 heteroatoms. The minimum atomic E-state index is 0.128. The average molecular weight is 443 g/mol. The van der Waals surface area contributed by atoms with Crippen molar-refractivity contribution in [3.8, 4) is 0 Å². The lowest BCUT2D eigenvalue weighted by Crippen LogP contribution is -2.35. The topological polar surface area (TPSA) is 41.6 Å². The number of nitrogens with zero attached hydrogens (tertiary/aromatic N) is 1. The average Bonchev–Trinajstić information content (AvgIpc) is 2.75. The van der Waals surface area contributed by atoms with Gasteiger partial charge in [0.05, 0.1) is 6.10 Å². The molecule has 1 aliphatic rings. The monoisotopic (exact) mass is 442 g/mol. The van der Waals surface area contributed by atoms with Crippen LogP contribution in [0.1, 0.15) is 61.5 Å². The summed E-state index contributed by atoms with van der Waals surface area (Å²) >= 11 is 1.74. The number of carbonyl (C=O) groups is 1. The van der Waals surface area contributed by atoms with Crippen molar-refractivity contribution in [2.75, 3.05) is 25.4 Å². The molecule has 1 aliphatic heterocycles. The lowest BCUT2D eigenvalue weighted by molar-refractivity contribution is 0.0724. The van der Waals surface area contributed by atoms with Crippen LogP contribution in [0.3, 0.4) is 0 Å². The van der Waals surface area contributed by atoms with Gasteiger partial charge in [0.25, 0.3) is 5.91 Å². The van der Waals surface area contributed by atoms with Crippen LogP contribution in [0.25, 0.3) is 0 Å². The Morgan fingerprint density at radius 3 is 2.65 bits per heavy atom. The molecule has 1 heterocycles. The molecule has 0 spiro atoms. The molecule has 0 radical (unpaired) electrons. The molecule has 1 N–H and O–H groups in total. The third-order valence-corrected chi connectivity index (χ3v) is 6.09. The predicted octanol–water partition coefficient (Wildman–Crippen LogP) is 5.84. The summed E-state index contributed by atoms with van der Waals surface area (Å²) in [5, 5.41) is 3.50. The second-order valence-corrected chi connectivity index (χ2v) is 9.32. The van der Waals surface area contributed by atoms with E-state index in [0.717, 1.165) is 72.1 Å². The van der Waals surface area contributed by atoms with E-state index in [4.69, 9.17) is 4.74 Å². The van der Waals surface area contributed by atoms with Crippen molar-refractivity contribution < 1.29 is 9.53 Å². The number of carbonyl (C=O) groups excluding carboxylic acids is 1. The number of hydrogen-bond donors (Lipinski definition) is 1. The number of likely N-dealkylation sites (tertiary alicyclic amines) is 1. The van der Waals surface area contributed by atoms with E-state index < -0.39 is 0 Å². The van der Waals surface area contributed by atoms with Gasteiger partial charge in [0.1, 0.15) is 5.76 Å². The van der Waals surface area contributed by atoms with E-state index in [1.807, 2.05) is 56.0 Å². The first-order valence-corrected chi connectivity index (χ1v) is 12.3. The Balaban J connectivity index is 1.89. The highest BCUT2D eigenvalue weighted by molar-refractivity contribution is 8.03. The van der Waals surface area contributed by atoms with Crippen LogP contribution in [0.5, 0.6) is 0 Å². The third-order valence-electron chi connectivity index (χ3n) is 5.00. The summed E-state index contributed by atoms with van der Waals surface area (Å²) in [6, 6.07) is 6.21. The zero-order valence-corrected chi connectivity index (χ0v) is 20.4. The number of aryl methyl sites for hydroxylation is 1. The smallest absolute Gasteiger partial charge is 0.253 e. The molecule has 0 unspecified atom stereocenters. The highest BCUT2D eigenvalue weighted by Gasteiger charge is 2.18. The molecule has 0 bridgehead atoms. The van der Waals surface area contributed by atoms with Crippen molar-refractivity contribution in [1.29, 1.82) is 0 Å². The fraction of sp³-hybridized carbons (Fsp3) is 0.500. The summed E-state index contributed by atoms with van der Waals surface area (Å²) in [5.41, 5.74) is 3.10. The second kappa shape index (κ2) is 13.4. The predicted molar refractivity (Wildman–Crippen MR) is 133 cm³/mol. The van der Waals surface area contributed by atoms with E-state index in [9.17, 15) is 4.79 Å². The van der Waals surface area contributed by atoms with E-state index >= 15 is 0 Å². The van der Waals surface area contributed by atoms with Crippen LogP contribution < -0.4 is 5.32 Å². The SMILES string of the molecule is C=C/C(SCCNCc1cc(C)cc(C(=O)N2CCCCC2)c1)=C(\C=C/C)OC(C)C. The van der Waals surface area contributed by atoms with E-state index in [1.165, 1.54) is 6.42 Å². The van der Waals surface area contributed by atoms with Gasteiger partial charge in [-0.3, -0.25) is 4.79 Å². The lowest BCUT2D eigenvalue weighted by Gasteiger charge is -2.27. The number of nitrogens with one attached hydrogen (secondary N) is 1. The van der Waals surface area contributed by atoms with Gasteiger partial charge in [-0.1, -0.05) is 30.4 Å². The molecule has 2 rings (SSSR count). The van der Waals surface area contributed by atoms with Gasteiger partial charge in [0, 0.05) is 42.4 Å². The van der Waals surface area contributed by atoms with Gasteiger partial charge in [-0.15, -0.1) is 11.8 Å². The van der Waals surface area contributed by atoms with Gasteiger partial charge in [0.2, 0.25) is 0 Å². The molecule has 1 amide bonds. The highest BCUT2D eigenvalue weighted by atomic mass is 32.2. The number of benzene rings is 1. The fourth-order valence-corrected chi connectivity index (χ4v) is 4.49. The molecule has 170 valence electrons. The number of rotatable bonds is 11. The number of ether oxygens (including phenoxy) is 1. The third kappa shape index (κ3) is 8.58. The van der Waals surface area contributed by atoms with Gasteiger partial charge in [-0.05, 0) is 70.7 Å². The van der Waals surface area contributed by atoms with Gasteiger partial charge < -0.3 is 15.0 Å². The largest absolute Gasteiger partial charge is 0.490 e. The standard InChI is InChI=1S/C26H38N2O2S/c1-6-11-24(30-20(3)4)25(7-2)31-15-12-27-19-22-16-21(5)17-23(18-22)26(29)28-13-9-8-10-14-28/h6-7,11,16-18,20,27H,2,8-10,12-15,19H2,1,3-5H3/b11-6-,25-24-. The molecule has 0 atom stereocenters. The Kier molecular flexibility index (Phi) is 11.0. The van der Waals surface area contributed by atoms with Gasteiger partial charge in [0.15, 0.2) is 0 Å². The van der Waals surface area contributed by atoms with Crippen LogP contribution in [0.2, 0.25) is 0 Å². The molecular formula is C26H38N2O2S. The van der Waals surface area contributed by atoms with Crippen LogP contribution in [0.4, 0.5) is 0 Å². The number of thioether (sulfide) groups is 1. The van der Waals surface area contributed by atoms with Crippen molar-refractivity contribution in [2.24, 2.45) is 0 Å². The molecule has 0 aliphatic carbocycles. The number of hydrogen-bond acceptors (Lipinski definition) is 4. The Hall–Kier alpha value is -1.98. The summed E-state index contributed by atoms with van der Waals surface area (Å²) in [7, 11) is 0. The Morgan fingerprint density at radius 2 is 2.00 bits per heavy atom. The molecule has 1 fully saturated rings. The second-order valence-electron chi connectivity index (χ2n) is 8.18. The molecular weight excluding hydrogens is 404 g/mol. The maximum atomic E-state index is 12.9. The van der Waals surface area contributed by atoms with Crippen molar-refractivity contribution in [2.45, 2.75) is 59.6 Å². The van der Waals surface area contributed by atoms with Crippen LogP contribution in [0.15, 0.2) is 53.7 Å².